The summed E-state index contributed by atoms with van der Waals surface area (Å²) < 4.78 is 14.3. The van der Waals surface area contributed by atoms with E-state index in [4.69, 9.17) is 5.11 Å². The summed E-state index contributed by atoms with van der Waals surface area (Å²) in [5.41, 5.74) is -0.860. The molecular formula is C12H7FINO4. The SMILES string of the molecule is O=C(O)c1cc(O)cc(=O)n1-c1ccc(F)cc1I. The Morgan fingerprint density at radius 1 is 1.26 bits per heavy atom. The fourth-order valence-corrected chi connectivity index (χ4v) is 2.34. The third-order valence-corrected chi connectivity index (χ3v) is 3.25. The zero-order valence-corrected chi connectivity index (χ0v) is 11.5. The van der Waals surface area contributed by atoms with Gasteiger partial charge in [-0.3, -0.25) is 9.36 Å². The molecule has 0 aliphatic carbocycles. The number of benzene rings is 1. The molecule has 0 atom stereocenters. The Morgan fingerprint density at radius 3 is 2.53 bits per heavy atom. The molecule has 0 unspecified atom stereocenters. The fraction of sp³-hybridized carbons (Fsp3) is 0. The molecule has 1 heterocycles. The number of carboxylic acid groups (broad SMARTS) is 1. The van der Waals surface area contributed by atoms with E-state index in [0.29, 0.717) is 3.57 Å². The van der Waals surface area contributed by atoms with Crippen molar-refractivity contribution in [1.82, 2.24) is 4.57 Å². The van der Waals surface area contributed by atoms with Crippen molar-refractivity contribution < 1.29 is 19.4 Å². The van der Waals surface area contributed by atoms with Crippen LogP contribution in [-0.2, 0) is 0 Å². The van der Waals surface area contributed by atoms with E-state index in [1.807, 2.05) is 0 Å². The predicted octanol–water partition coefficient (Wildman–Crippen LogP) is 1.99. The lowest BCUT2D eigenvalue weighted by Crippen LogP contribution is -2.24. The van der Waals surface area contributed by atoms with Crippen LogP contribution >= 0.6 is 22.6 Å². The van der Waals surface area contributed by atoms with Crippen molar-refractivity contribution in [3.05, 3.63) is 55.8 Å². The first-order valence-electron chi connectivity index (χ1n) is 5.05. The summed E-state index contributed by atoms with van der Waals surface area (Å²) in [6.07, 6.45) is 0. The summed E-state index contributed by atoms with van der Waals surface area (Å²) in [5.74, 6) is -2.29. The topological polar surface area (TPSA) is 79.5 Å². The summed E-state index contributed by atoms with van der Waals surface area (Å²) >= 11 is 1.80. The van der Waals surface area contributed by atoms with Gasteiger partial charge in [0.25, 0.3) is 5.56 Å². The Kier molecular flexibility index (Phi) is 3.56. The number of hydrogen-bond acceptors (Lipinski definition) is 3. The number of aromatic hydroxyl groups is 1. The van der Waals surface area contributed by atoms with Crippen molar-refractivity contribution in [1.29, 1.82) is 0 Å². The van der Waals surface area contributed by atoms with Gasteiger partial charge < -0.3 is 10.2 Å². The minimum Gasteiger partial charge on any atom is -0.508 e. The first-order valence-corrected chi connectivity index (χ1v) is 6.13. The normalized spacial score (nSPS) is 10.4. The Balaban J connectivity index is 2.81. The van der Waals surface area contributed by atoms with Crippen molar-refractivity contribution in [2.45, 2.75) is 0 Å². The molecule has 0 amide bonds. The fourth-order valence-electron chi connectivity index (χ4n) is 1.62. The third kappa shape index (κ3) is 2.60. The summed E-state index contributed by atoms with van der Waals surface area (Å²) in [6, 6.07) is 5.47. The van der Waals surface area contributed by atoms with Gasteiger partial charge in [-0.2, -0.15) is 0 Å². The molecule has 0 radical (unpaired) electrons. The number of hydrogen-bond donors (Lipinski definition) is 2. The molecule has 1 aromatic heterocycles. The van der Waals surface area contributed by atoms with Crippen molar-refractivity contribution in [3.8, 4) is 11.4 Å². The number of aromatic nitrogens is 1. The zero-order valence-electron chi connectivity index (χ0n) is 9.30. The molecule has 0 fully saturated rings. The third-order valence-electron chi connectivity index (χ3n) is 2.39. The Bertz CT molecular complexity index is 726. The minimum absolute atomic E-state index is 0.240. The van der Waals surface area contributed by atoms with Gasteiger partial charge in [-0.15, -0.1) is 0 Å². The first kappa shape index (κ1) is 13.5. The van der Waals surface area contributed by atoms with Gasteiger partial charge in [-0.25, -0.2) is 9.18 Å². The number of carbonyl (C=O) groups is 1. The van der Waals surface area contributed by atoms with Crippen LogP contribution in [-0.4, -0.2) is 20.7 Å². The van der Waals surface area contributed by atoms with E-state index < -0.39 is 28.8 Å². The molecule has 0 saturated heterocycles. The van der Waals surface area contributed by atoms with Crippen LogP contribution in [0.2, 0.25) is 0 Å². The highest BCUT2D eigenvalue weighted by atomic mass is 127. The van der Waals surface area contributed by atoms with Crippen LogP contribution in [0.4, 0.5) is 4.39 Å². The molecule has 0 aliphatic rings. The molecule has 19 heavy (non-hydrogen) atoms. The van der Waals surface area contributed by atoms with Crippen LogP contribution in [0, 0.1) is 9.39 Å². The van der Waals surface area contributed by atoms with E-state index in [1.54, 1.807) is 22.6 Å². The number of rotatable bonds is 2. The zero-order chi connectivity index (χ0) is 14.2. The highest BCUT2D eigenvalue weighted by molar-refractivity contribution is 14.1. The van der Waals surface area contributed by atoms with Gasteiger partial charge in [0.1, 0.15) is 17.3 Å². The Morgan fingerprint density at radius 2 is 1.95 bits per heavy atom. The Labute approximate surface area is 120 Å². The van der Waals surface area contributed by atoms with E-state index in [9.17, 15) is 19.1 Å². The molecule has 98 valence electrons. The lowest BCUT2D eigenvalue weighted by atomic mass is 10.2. The van der Waals surface area contributed by atoms with Gasteiger partial charge in [0.05, 0.1) is 5.69 Å². The lowest BCUT2D eigenvalue weighted by Gasteiger charge is -2.12. The molecule has 0 bridgehead atoms. The second-order valence-corrected chi connectivity index (χ2v) is 4.84. The second-order valence-electron chi connectivity index (χ2n) is 3.67. The number of aromatic carboxylic acids is 1. The summed E-state index contributed by atoms with van der Waals surface area (Å²) in [7, 11) is 0. The average Bonchev–Trinajstić information content (AvgIpc) is 2.29. The van der Waals surface area contributed by atoms with Gasteiger partial charge in [0.2, 0.25) is 0 Å². The molecule has 2 N–H and O–H groups in total. The number of carboxylic acids is 1. The van der Waals surface area contributed by atoms with Crippen LogP contribution in [0.5, 0.6) is 5.75 Å². The molecule has 2 aromatic rings. The van der Waals surface area contributed by atoms with Crippen molar-refractivity contribution >= 4 is 28.6 Å². The maximum Gasteiger partial charge on any atom is 0.353 e. The van der Waals surface area contributed by atoms with Crippen LogP contribution in [0.3, 0.4) is 0 Å². The van der Waals surface area contributed by atoms with Crippen LogP contribution in [0.15, 0.2) is 35.1 Å². The van der Waals surface area contributed by atoms with Crippen molar-refractivity contribution in [2.75, 3.05) is 0 Å². The minimum atomic E-state index is -1.37. The number of halogens is 2. The average molecular weight is 375 g/mol. The number of pyridine rings is 1. The van der Waals surface area contributed by atoms with Gasteiger partial charge in [0.15, 0.2) is 0 Å². The monoisotopic (exact) mass is 375 g/mol. The van der Waals surface area contributed by atoms with E-state index in [2.05, 4.69) is 0 Å². The summed E-state index contributed by atoms with van der Waals surface area (Å²) in [5, 5.41) is 18.4. The van der Waals surface area contributed by atoms with Gasteiger partial charge in [-0.1, -0.05) is 0 Å². The van der Waals surface area contributed by atoms with E-state index in [-0.39, 0.29) is 5.69 Å². The van der Waals surface area contributed by atoms with Crippen molar-refractivity contribution in [2.24, 2.45) is 0 Å². The maximum atomic E-state index is 13.0. The smallest absolute Gasteiger partial charge is 0.353 e. The molecule has 7 heteroatoms. The molecule has 2 rings (SSSR count). The quantitative estimate of drug-likeness (QED) is 0.787. The molecule has 5 nitrogen and oxygen atoms in total. The van der Waals surface area contributed by atoms with E-state index in [1.165, 1.54) is 12.1 Å². The van der Waals surface area contributed by atoms with Crippen LogP contribution < -0.4 is 5.56 Å². The highest BCUT2D eigenvalue weighted by Crippen LogP contribution is 2.20. The largest absolute Gasteiger partial charge is 0.508 e. The maximum absolute atomic E-state index is 13.0. The van der Waals surface area contributed by atoms with E-state index >= 15 is 0 Å². The summed E-state index contributed by atoms with van der Waals surface area (Å²) in [6.45, 7) is 0. The lowest BCUT2D eigenvalue weighted by molar-refractivity contribution is 0.0686. The Hall–Kier alpha value is -1.90. The first-order chi connectivity index (χ1) is 8.90. The number of nitrogens with zero attached hydrogens (tertiary/aromatic N) is 1. The van der Waals surface area contributed by atoms with Gasteiger partial charge in [-0.05, 0) is 40.8 Å². The molecule has 0 saturated carbocycles. The van der Waals surface area contributed by atoms with Gasteiger partial charge in [0, 0.05) is 15.7 Å². The summed E-state index contributed by atoms with van der Waals surface area (Å²) in [4.78, 5) is 23.0. The van der Waals surface area contributed by atoms with Gasteiger partial charge >= 0.3 is 5.97 Å². The highest BCUT2D eigenvalue weighted by Gasteiger charge is 2.16. The molecule has 1 aromatic carbocycles. The standard InChI is InChI=1S/C12H7FINO4/c13-6-1-2-9(8(14)3-6)15-10(12(18)19)4-7(16)5-11(15)17/h1-5,16H,(H,18,19). The predicted molar refractivity (Wildman–Crippen MR) is 73.3 cm³/mol. The van der Waals surface area contributed by atoms with Crippen LogP contribution in [0.25, 0.3) is 5.69 Å². The van der Waals surface area contributed by atoms with Crippen LogP contribution in [0.1, 0.15) is 10.5 Å². The van der Waals surface area contributed by atoms with Crippen molar-refractivity contribution in [3.63, 3.8) is 0 Å². The molecular weight excluding hydrogens is 368 g/mol. The molecule has 0 spiro atoms. The van der Waals surface area contributed by atoms with E-state index in [0.717, 1.165) is 22.8 Å². The second kappa shape index (κ2) is 5.00. The molecule has 0 aliphatic heterocycles.